The van der Waals surface area contributed by atoms with E-state index >= 15 is 0 Å². The number of aromatic nitrogens is 2. The summed E-state index contributed by atoms with van der Waals surface area (Å²) in [5.41, 5.74) is 1.72. The molecule has 0 bridgehead atoms. The lowest BCUT2D eigenvalue weighted by Crippen LogP contribution is -2.32. The van der Waals surface area contributed by atoms with Crippen LogP contribution in [0.4, 0.5) is 10.5 Å². The number of carbonyl (C=O) groups excluding carboxylic acids is 1. The Bertz CT molecular complexity index is 842. The van der Waals surface area contributed by atoms with Crippen molar-refractivity contribution in [3.05, 3.63) is 42.2 Å². The first-order chi connectivity index (χ1) is 11.3. The van der Waals surface area contributed by atoms with Crippen molar-refractivity contribution in [2.45, 2.75) is 17.2 Å². The van der Waals surface area contributed by atoms with Crippen LogP contribution in [0.3, 0.4) is 0 Å². The van der Waals surface area contributed by atoms with Crippen LogP contribution in [-0.4, -0.2) is 48.5 Å². The summed E-state index contributed by atoms with van der Waals surface area (Å²) < 4.78 is 24.7. The van der Waals surface area contributed by atoms with Gasteiger partial charge in [0.1, 0.15) is 0 Å². The van der Waals surface area contributed by atoms with E-state index in [9.17, 15) is 13.2 Å². The second-order valence-electron chi connectivity index (χ2n) is 6.11. The van der Waals surface area contributed by atoms with E-state index in [4.69, 9.17) is 0 Å². The molecule has 1 N–H and O–H groups in total. The minimum atomic E-state index is -3.23. The van der Waals surface area contributed by atoms with Crippen molar-refractivity contribution in [1.82, 2.24) is 14.7 Å². The Morgan fingerprint density at radius 2 is 2.00 bits per heavy atom. The van der Waals surface area contributed by atoms with E-state index in [2.05, 4.69) is 10.4 Å². The monoisotopic (exact) mass is 348 g/mol. The molecule has 1 aliphatic heterocycles. The number of rotatable bonds is 3. The average Bonchev–Trinajstić information content (AvgIpc) is 3.15. The molecule has 0 radical (unpaired) electrons. The standard InChI is InChI=1S/C16H20N4O3S/c1-19-10-13(9-17-19)12-7-8-20(11-12)16(21)18-14-3-5-15(6-4-14)24(2,22)23/h3-6,9-10,12H,7-8,11H2,1-2H3,(H,18,21)/t12-/m1/s1. The van der Waals surface area contributed by atoms with Gasteiger partial charge in [-0.3, -0.25) is 4.68 Å². The summed E-state index contributed by atoms with van der Waals surface area (Å²) in [6.45, 7) is 1.34. The number of hydrogen-bond donors (Lipinski definition) is 1. The molecule has 0 saturated carbocycles. The summed E-state index contributed by atoms with van der Waals surface area (Å²) in [5, 5.41) is 6.99. The van der Waals surface area contributed by atoms with E-state index in [1.54, 1.807) is 21.7 Å². The number of benzene rings is 1. The third-order valence-corrected chi connectivity index (χ3v) is 5.33. The summed E-state index contributed by atoms with van der Waals surface area (Å²) in [4.78, 5) is 14.4. The normalized spacial score (nSPS) is 17.9. The number of nitrogens with one attached hydrogen (secondary N) is 1. The zero-order valence-corrected chi connectivity index (χ0v) is 14.5. The highest BCUT2D eigenvalue weighted by Crippen LogP contribution is 2.27. The number of likely N-dealkylation sites (tertiary alicyclic amines) is 1. The van der Waals surface area contributed by atoms with Gasteiger partial charge in [-0.2, -0.15) is 5.10 Å². The van der Waals surface area contributed by atoms with Gasteiger partial charge in [0.25, 0.3) is 0 Å². The fourth-order valence-electron chi connectivity index (χ4n) is 2.86. The van der Waals surface area contributed by atoms with Gasteiger partial charge in [-0.05, 0) is 36.2 Å². The van der Waals surface area contributed by atoms with Gasteiger partial charge in [0.15, 0.2) is 9.84 Å². The lowest BCUT2D eigenvalue weighted by Gasteiger charge is -2.17. The number of urea groups is 1. The van der Waals surface area contributed by atoms with Crippen molar-refractivity contribution in [2.24, 2.45) is 7.05 Å². The molecular weight excluding hydrogens is 328 g/mol. The van der Waals surface area contributed by atoms with Crippen LogP contribution in [0.5, 0.6) is 0 Å². The van der Waals surface area contributed by atoms with Gasteiger partial charge in [-0.15, -0.1) is 0 Å². The number of nitrogens with zero attached hydrogens (tertiary/aromatic N) is 3. The van der Waals surface area contributed by atoms with Crippen LogP contribution in [0.25, 0.3) is 0 Å². The number of sulfone groups is 1. The Morgan fingerprint density at radius 3 is 2.58 bits per heavy atom. The third kappa shape index (κ3) is 3.59. The van der Waals surface area contributed by atoms with Gasteiger partial charge in [0.05, 0.1) is 11.1 Å². The van der Waals surface area contributed by atoms with E-state index in [1.807, 2.05) is 19.4 Å². The van der Waals surface area contributed by atoms with E-state index in [0.717, 1.165) is 18.2 Å². The van der Waals surface area contributed by atoms with Crippen LogP contribution in [0, 0.1) is 0 Å². The van der Waals surface area contributed by atoms with Crippen molar-refractivity contribution >= 4 is 21.6 Å². The molecule has 1 aromatic heterocycles. The molecule has 3 rings (SSSR count). The summed E-state index contributed by atoms with van der Waals surface area (Å²) in [6, 6.07) is 6.01. The van der Waals surface area contributed by atoms with Gasteiger partial charge in [-0.1, -0.05) is 0 Å². The average molecular weight is 348 g/mol. The largest absolute Gasteiger partial charge is 0.324 e. The highest BCUT2D eigenvalue weighted by Gasteiger charge is 2.28. The second kappa shape index (κ2) is 6.27. The zero-order chi connectivity index (χ0) is 17.3. The molecule has 7 nitrogen and oxygen atoms in total. The smallest absolute Gasteiger partial charge is 0.321 e. The number of anilines is 1. The zero-order valence-electron chi connectivity index (χ0n) is 13.6. The lowest BCUT2D eigenvalue weighted by atomic mass is 10.0. The van der Waals surface area contributed by atoms with E-state index < -0.39 is 9.84 Å². The summed E-state index contributed by atoms with van der Waals surface area (Å²) in [6.07, 6.45) is 5.89. The molecule has 0 spiro atoms. The quantitative estimate of drug-likeness (QED) is 0.917. The Labute approximate surface area is 141 Å². The first-order valence-electron chi connectivity index (χ1n) is 7.67. The van der Waals surface area contributed by atoms with Crippen LogP contribution in [0.15, 0.2) is 41.6 Å². The second-order valence-corrected chi connectivity index (χ2v) is 8.12. The van der Waals surface area contributed by atoms with Gasteiger partial charge >= 0.3 is 6.03 Å². The van der Waals surface area contributed by atoms with E-state index in [-0.39, 0.29) is 10.9 Å². The maximum atomic E-state index is 12.4. The molecule has 8 heteroatoms. The lowest BCUT2D eigenvalue weighted by molar-refractivity contribution is 0.222. The molecule has 2 amide bonds. The Balaban J connectivity index is 1.61. The maximum absolute atomic E-state index is 12.4. The highest BCUT2D eigenvalue weighted by atomic mass is 32.2. The molecule has 1 saturated heterocycles. The molecule has 1 aliphatic rings. The highest BCUT2D eigenvalue weighted by molar-refractivity contribution is 7.90. The van der Waals surface area contributed by atoms with Crippen LogP contribution in [0.2, 0.25) is 0 Å². The predicted molar refractivity (Wildman–Crippen MR) is 90.7 cm³/mol. The Morgan fingerprint density at radius 1 is 1.29 bits per heavy atom. The van der Waals surface area contributed by atoms with Crippen molar-refractivity contribution in [2.75, 3.05) is 24.7 Å². The number of amides is 2. The first kappa shape index (κ1) is 16.5. The van der Waals surface area contributed by atoms with Crippen LogP contribution >= 0.6 is 0 Å². The van der Waals surface area contributed by atoms with Crippen molar-refractivity contribution < 1.29 is 13.2 Å². The van der Waals surface area contributed by atoms with Crippen molar-refractivity contribution in [3.63, 3.8) is 0 Å². The number of hydrogen-bond acceptors (Lipinski definition) is 4. The SMILES string of the molecule is Cn1cc([C@@H]2CCN(C(=O)Nc3ccc(S(C)(=O)=O)cc3)C2)cn1. The molecule has 24 heavy (non-hydrogen) atoms. The van der Waals surface area contributed by atoms with Gasteiger partial charge in [0.2, 0.25) is 0 Å². The van der Waals surface area contributed by atoms with Gasteiger partial charge in [-0.25, -0.2) is 13.2 Å². The molecule has 2 heterocycles. The summed E-state index contributed by atoms with van der Waals surface area (Å²) in [5.74, 6) is 0.303. The maximum Gasteiger partial charge on any atom is 0.321 e. The summed E-state index contributed by atoms with van der Waals surface area (Å²) in [7, 11) is -1.35. The Hall–Kier alpha value is -2.35. The molecule has 0 aliphatic carbocycles. The Kier molecular flexibility index (Phi) is 4.31. The predicted octanol–water partition coefficient (Wildman–Crippen LogP) is 1.84. The fraction of sp³-hybridized carbons (Fsp3) is 0.375. The molecule has 2 aromatic rings. The first-order valence-corrected chi connectivity index (χ1v) is 9.56. The molecule has 128 valence electrons. The van der Waals surface area contributed by atoms with E-state index in [1.165, 1.54) is 12.1 Å². The van der Waals surface area contributed by atoms with Gasteiger partial charge < -0.3 is 10.2 Å². The van der Waals surface area contributed by atoms with Crippen molar-refractivity contribution in [3.8, 4) is 0 Å². The van der Waals surface area contributed by atoms with Gasteiger partial charge in [0, 0.05) is 44.2 Å². The summed E-state index contributed by atoms with van der Waals surface area (Å²) >= 11 is 0. The van der Waals surface area contributed by atoms with Crippen LogP contribution < -0.4 is 5.32 Å². The minimum Gasteiger partial charge on any atom is -0.324 e. The number of aryl methyl sites for hydroxylation is 1. The topological polar surface area (TPSA) is 84.3 Å². The fourth-order valence-corrected chi connectivity index (χ4v) is 3.49. The number of carbonyl (C=O) groups is 1. The molecule has 0 unspecified atom stereocenters. The van der Waals surface area contributed by atoms with E-state index in [0.29, 0.717) is 24.7 Å². The minimum absolute atomic E-state index is 0.173. The van der Waals surface area contributed by atoms with Crippen LogP contribution in [0.1, 0.15) is 17.9 Å². The molecule has 1 fully saturated rings. The van der Waals surface area contributed by atoms with Crippen molar-refractivity contribution in [1.29, 1.82) is 0 Å². The third-order valence-electron chi connectivity index (χ3n) is 4.21. The molecule has 1 atom stereocenters. The molecule has 1 aromatic carbocycles. The molecular formula is C16H20N4O3S. The van der Waals surface area contributed by atoms with Crippen LogP contribution in [-0.2, 0) is 16.9 Å².